The van der Waals surface area contributed by atoms with Crippen LogP contribution in [0.5, 0.6) is 0 Å². The third-order valence-corrected chi connectivity index (χ3v) is 4.96. The van der Waals surface area contributed by atoms with Crippen molar-refractivity contribution in [3.05, 3.63) is 34.1 Å². The maximum Gasteiger partial charge on any atom is 0.270 e. The molecule has 110 valence electrons. The maximum atomic E-state index is 13.7. The topological polar surface area (TPSA) is 92.5 Å². The quantitative estimate of drug-likeness (QED) is 0.656. The zero-order valence-electron chi connectivity index (χ0n) is 10.7. The predicted molar refractivity (Wildman–Crippen MR) is 69.3 cm³/mol. The van der Waals surface area contributed by atoms with Crippen molar-refractivity contribution in [2.75, 3.05) is 19.6 Å². The summed E-state index contributed by atoms with van der Waals surface area (Å²) in [7, 11) is -4.07. The molecule has 0 aromatic heterocycles. The SMILES string of the molecule is C[C@@H]1CN(S(=O)(=O)c2cc([N+](=O)[O-])ccc2F)CCN1. The van der Waals surface area contributed by atoms with Gasteiger partial charge in [-0.1, -0.05) is 0 Å². The largest absolute Gasteiger partial charge is 0.312 e. The van der Waals surface area contributed by atoms with Crippen molar-refractivity contribution < 1.29 is 17.7 Å². The third kappa shape index (κ3) is 2.79. The number of nitrogens with zero attached hydrogens (tertiary/aromatic N) is 2. The molecule has 1 atom stereocenters. The van der Waals surface area contributed by atoms with Gasteiger partial charge in [0.05, 0.1) is 4.92 Å². The summed E-state index contributed by atoms with van der Waals surface area (Å²) in [5.74, 6) is -0.984. The zero-order chi connectivity index (χ0) is 14.9. The maximum absolute atomic E-state index is 13.7. The van der Waals surface area contributed by atoms with Gasteiger partial charge in [0.15, 0.2) is 0 Å². The number of nitro groups is 1. The molecule has 0 unspecified atom stereocenters. The molecule has 1 aliphatic rings. The van der Waals surface area contributed by atoms with Gasteiger partial charge >= 0.3 is 0 Å². The molecule has 1 aromatic carbocycles. The molecule has 7 nitrogen and oxygen atoms in total. The van der Waals surface area contributed by atoms with Crippen molar-refractivity contribution in [2.24, 2.45) is 0 Å². The van der Waals surface area contributed by atoms with Gasteiger partial charge in [0.1, 0.15) is 10.7 Å². The summed E-state index contributed by atoms with van der Waals surface area (Å²) in [6, 6.07) is 2.45. The Morgan fingerprint density at radius 2 is 2.20 bits per heavy atom. The van der Waals surface area contributed by atoms with Crippen molar-refractivity contribution >= 4 is 15.7 Å². The van der Waals surface area contributed by atoms with E-state index in [-0.39, 0.29) is 19.1 Å². The number of non-ortho nitro benzene ring substituents is 1. The smallest absolute Gasteiger partial charge is 0.270 e. The van der Waals surface area contributed by atoms with E-state index in [1.165, 1.54) is 0 Å². The second kappa shape index (κ2) is 5.43. The lowest BCUT2D eigenvalue weighted by molar-refractivity contribution is -0.385. The van der Waals surface area contributed by atoms with Crippen LogP contribution >= 0.6 is 0 Å². The summed E-state index contributed by atoms with van der Waals surface area (Å²) in [5, 5.41) is 13.8. The highest BCUT2D eigenvalue weighted by molar-refractivity contribution is 7.89. The lowest BCUT2D eigenvalue weighted by Gasteiger charge is -2.30. The summed E-state index contributed by atoms with van der Waals surface area (Å²) < 4.78 is 39.6. The lowest BCUT2D eigenvalue weighted by atomic mass is 10.3. The second-order valence-electron chi connectivity index (χ2n) is 4.59. The minimum atomic E-state index is -4.07. The van der Waals surface area contributed by atoms with Crippen LogP contribution in [0.2, 0.25) is 0 Å². The number of rotatable bonds is 3. The van der Waals surface area contributed by atoms with Gasteiger partial charge in [0, 0.05) is 37.8 Å². The third-order valence-electron chi connectivity index (χ3n) is 3.07. The Labute approximate surface area is 115 Å². The molecule has 1 heterocycles. The van der Waals surface area contributed by atoms with Gasteiger partial charge in [-0.2, -0.15) is 4.31 Å². The minimum Gasteiger partial charge on any atom is -0.312 e. The van der Waals surface area contributed by atoms with Gasteiger partial charge < -0.3 is 5.32 Å². The first kappa shape index (κ1) is 14.8. The first-order valence-corrected chi connectivity index (χ1v) is 7.44. The normalized spacial score (nSPS) is 20.8. The standard InChI is InChI=1S/C11H14FN3O4S/c1-8-7-14(5-4-13-8)20(18,19)11-6-9(15(16)17)2-3-10(11)12/h2-3,6,8,13H,4-5,7H2,1H3/t8-/m1/s1. The van der Waals surface area contributed by atoms with E-state index in [1.807, 2.05) is 6.92 Å². The Balaban J connectivity index is 2.43. The van der Waals surface area contributed by atoms with E-state index in [0.717, 1.165) is 22.5 Å². The molecule has 0 aliphatic carbocycles. The van der Waals surface area contributed by atoms with Gasteiger partial charge in [-0.25, -0.2) is 12.8 Å². The average molecular weight is 303 g/mol. The van der Waals surface area contributed by atoms with Crippen molar-refractivity contribution in [3.8, 4) is 0 Å². The molecule has 1 aromatic rings. The fraction of sp³-hybridized carbons (Fsp3) is 0.455. The van der Waals surface area contributed by atoms with E-state index in [1.54, 1.807) is 0 Å². The minimum absolute atomic E-state index is 0.0553. The summed E-state index contributed by atoms with van der Waals surface area (Å²) in [6.45, 7) is 2.67. The number of hydrogen-bond acceptors (Lipinski definition) is 5. The second-order valence-corrected chi connectivity index (χ2v) is 6.50. The number of sulfonamides is 1. The van der Waals surface area contributed by atoms with E-state index >= 15 is 0 Å². The van der Waals surface area contributed by atoms with Crippen molar-refractivity contribution in [2.45, 2.75) is 17.9 Å². The van der Waals surface area contributed by atoms with E-state index in [9.17, 15) is 22.9 Å². The summed E-state index contributed by atoms with van der Waals surface area (Å²) in [5.41, 5.74) is -0.451. The molecule has 1 aliphatic heterocycles. The molecule has 1 fully saturated rings. The molecule has 2 rings (SSSR count). The number of piperazine rings is 1. The van der Waals surface area contributed by atoms with E-state index in [0.29, 0.717) is 6.54 Å². The Kier molecular flexibility index (Phi) is 4.02. The molecule has 1 N–H and O–H groups in total. The van der Waals surface area contributed by atoms with Crippen LogP contribution < -0.4 is 5.32 Å². The van der Waals surface area contributed by atoms with Gasteiger partial charge in [0.2, 0.25) is 10.0 Å². The average Bonchev–Trinajstić information content (AvgIpc) is 2.38. The van der Waals surface area contributed by atoms with Crippen LogP contribution in [-0.4, -0.2) is 43.3 Å². The van der Waals surface area contributed by atoms with Crippen molar-refractivity contribution in [3.63, 3.8) is 0 Å². The number of halogens is 1. The van der Waals surface area contributed by atoms with Gasteiger partial charge in [-0.15, -0.1) is 0 Å². The monoisotopic (exact) mass is 303 g/mol. The number of nitrogens with one attached hydrogen (secondary N) is 1. The van der Waals surface area contributed by atoms with Crippen molar-refractivity contribution in [1.82, 2.24) is 9.62 Å². The Morgan fingerprint density at radius 3 is 2.80 bits per heavy atom. The van der Waals surface area contributed by atoms with Crippen LogP contribution in [0.3, 0.4) is 0 Å². The van der Waals surface area contributed by atoms with Gasteiger partial charge in [-0.3, -0.25) is 10.1 Å². The van der Waals surface area contributed by atoms with Gasteiger partial charge in [0.25, 0.3) is 5.69 Å². The number of hydrogen-bond donors (Lipinski definition) is 1. The Hall–Kier alpha value is -1.58. The first-order chi connectivity index (χ1) is 9.32. The number of benzene rings is 1. The Morgan fingerprint density at radius 1 is 1.50 bits per heavy atom. The van der Waals surface area contributed by atoms with Crippen molar-refractivity contribution in [1.29, 1.82) is 0 Å². The van der Waals surface area contributed by atoms with Crippen LogP contribution in [0.25, 0.3) is 0 Å². The fourth-order valence-electron chi connectivity index (χ4n) is 2.06. The highest BCUT2D eigenvalue weighted by atomic mass is 32.2. The number of nitro benzene ring substituents is 1. The zero-order valence-corrected chi connectivity index (χ0v) is 11.6. The fourth-order valence-corrected chi connectivity index (χ4v) is 3.67. The molecule has 9 heteroatoms. The first-order valence-electron chi connectivity index (χ1n) is 6.00. The molecule has 1 saturated heterocycles. The molecule has 0 amide bonds. The lowest BCUT2D eigenvalue weighted by Crippen LogP contribution is -2.51. The van der Waals surface area contributed by atoms with Crippen LogP contribution in [0.4, 0.5) is 10.1 Å². The summed E-state index contributed by atoms with van der Waals surface area (Å²) in [6.07, 6.45) is 0. The molecular formula is C11H14FN3O4S. The molecule has 0 saturated carbocycles. The summed E-state index contributed by atoms with van der Waals surface area (Å²) >= 11 is 0. The molecule has 0 radical (unpaired) electrons. The van der Waals surface area contributed by atoms with E-state index in [2.05, 4.69) is 5.32 Å². The highest BCUT2D eigenvalue weighted by Gasteiger charge is 2.31. The van der Waals surface area contributed by atoms with E-state index < -0.39 is 31.3 Å². The van der Waals surface area contributed by atoms with Gasteiger partial charge in [-0.05, 0) is 13.0 Å². The van der Waals surface area contributed by atoms with Crippen LogP contribution in [0.1, 0.15) is 6.92 Å². The highest BCUT2D eigenvalue weighted by Crippen LogP contribution is 2.24. The molecule has 0 spiro atoms. The molecule has 20 heavy (non-hydrogen) atoms. The molecule has 0 bridgehead atoms. The Bertz CT molecular complexity index is 635. The van der Waals surface area contributed by atoms with Crippen LogP contribution in [0, 0.1) is 15.9 Å². The predicted octanol–water partition coefficient (Wildman–Crippen LogP) is 0.716. The molecular weight excluding hydrogens is 289 g/mol. The summed E-state index contributed by atoms with van der Waals surface area (Å²) in [4.78, 5) is 9.28. The van der Waals surface area contributed by atoms with Crippen LogP contribution in [-0.2, 0) is 10.0 Å². The van der Waals surface area contributed by atoms with E-state index in [4.69, 9.17) is 0 Å². The van der Waals surface area contributed by atoms with Crippen LogP contribution in [0.15, 0.2) is 23.1 Å².